The third kappa shape index (κ3) is 2.91. The van der Waals surface area contributed by atoms with Gasteiger partial charge >= 0.3 is 5.97 Å². The van der Waals surface area contributed by atoms with Crippen molar-refractivity contribution >= 4 is 5.97 Å². The van der Waals surface area contributed by atoms with Gasteiger partial charge in [-0.15, -0.1) is 0 Å². The molecule has 3 heteroatoms. The first-order chi connectivity index (χ1) is 9.00. The Labute approximate surface area is 114 Å². The molecule has 0 atom stereocenters. The Morgan fingerprint density at radius 3 is 2.37 bits per heavy atom. The summed E-state index contributed by atoms with van der Waals surface area (Å²) in [4.78, 5) is 11.0. The number of carboxylic acids is 1. The van der Waals surface area contributed by atoms with Crippen LogP contribution in [0.2, 0.25) is 0 Å². The first kappa shape index (κ1) is 13.9. The summed E-state index contributed by atoms with van der Waals surface area (Å²) in [5.41, 5.74) is 0.825. The molecule has 0 heterocycles. The van der Waals surface area contributed by atoms with E-state index in [0.29, 0.717) is 11.8 Å². The summed E-state index contributed by atoms with van der Waals surface area (Å²) in [7, 11) is 0. The predicted molar refractivity (Wildman–Crippen MR) is 74.6 cm³/mol. The van der Waals surface area contributed by atoms with Gasteiger partial charge in [0.2, 0.25) is 0 Å². The van der Waals surface area contributed by atoms with Crippen LogP contribution in [0, 0.1) is 11.8 Å². The maximum Gasteiger partial charge on any atom is 0.339 e. The molecule has 1 aromatic rings. The summed E-state index contributed by atoms with van der Waals surface area (Å²) in [6, 6.07) is 5.05. The minimum absolute atomic E-state index is 0.0171. The number of benzene rings is 1. The maximum absolute atomic E-state index is 11.0. The number of aromatic hydroxyl groups is 1. The second kappa shape index (κ2) is 5.64. The lowest BCUT2D eigenvalue weighted by Gasteiger charge is -2.31. The second-order valence-corrected chi connectivity index (χ2v) is 5.90. The molecule has 0 unspecified atom stereocenters. The summed E-state index contributed by atoms with van der Waals surface area (Å²) in [6.07, 6.45) is 4.41. The van der Waals surface area contributed by atoms with Gasteiger partial charge in [-0.3, -0.25) is 0 Å². The number of phenols is 1. The predicted octanol–water partition coefficient (Wildman–Crippen LogP) is 4.02. The van der Waals surface area contributed by atoms with Crippen LogP contribution in [0.1, 0.15) is 61.4 Å². The lowest BCUT2D eigenvalue weighted by molar-refractivity contribution is 0.0693. The zero-order chi connectivity index (χ0) is 14.0. The molecule has 1 fully saturated rings. The highest BCUT2D eigenvalue weighted by Crippen LogP contribution is 2.42. The van der Waals surface area contributed by atoms with E-state index in [-0.39, 0.29) is 11.3 Å². The number of carboxylic acid groups (broad SMARTS) is 1. The molecule has 0 aromatic heterocycles. The fourth-order valence-electron chi connectivity index (χ4n) is 3.16. The number of para-hydroxylation sites is 1. The third-order valence-electron chi connectivity index (χ3n) is 4.45. The summed E-state index contributed by atoms with van der Waals surface area (Å²) < 4.78 is 0. The highest BCUT2D eigenvalue weighted by atomic mass is 16.4. The van der Waals surface area contributed by atoms with Crippen molar-refractivity contribution in [2.24, 2.45) is 11.8 Å². The number of hydrogen-bond donors (Lipinski definition) is 2. The number of hydrogen-bond acceptors (Lipinski definition) is 2. The number of aromatic carboxylic acids is 1. The van der Waals surface area contributed by atoms with Crippen LogP contribution in [0.25, 0.3) is 0 Å². The molecular formula is C16H22O3. The molecular weight excluding hydrogens is 240 g/mol. The molecule has 104 valence electrons. The van der Waals surface area contributed by atoms with Crippen LogP contribution in [0.4, 0.5) is 0 Å². The van der Waals surface area contributed by atoms with Crippen molar-refractivity contribution in [3.63, 3.8) is 0 Å². The Morgan fingerprint density at radius 2 is 1.84 bits per heavy atom. The van der Waals surface area contributed by atoms with Crippen LogP contribution in [0.15, 0.2) is 18.2 Å². The van der Waals surface area contributed by atoms with Gasteiger partial charge in [-0.25, -0.2) is 4.79 Å². The van der Waals surface area contributed by atoms with E-state index >= 15 is 0 Å². The van der Waals surface area contributed by atoms with E-state index in [4.69, 9.17) is 5.11 Å². The van der Waals surface area contributed by atoms with Gasteiger partial charge in [0.1, 0.15) is 11.3 Å². The highest BCUT2D eigenvalue weighted by Gasteiger charge is 2.27. The van der Waals surface area contributed by atoms with Gasteiger partial charge in [-0.05, 0) is 55.1 Å². The first-order valence-electron chi connectivity index (χ1n) is 7.06. The molecule has 1 aliphatic carbocycles. The Morgan fingerprint density at radius 1 is 1.21 bits per heavy atom. The average molecular weight is 262 g/mol. The summed E-state index contributed by atoms with van der Waals surface area (Å²) in [5, 5.41) is 19.1. The molecule has 3 nitrogen and oxygen atoms in total. The molecule has 1 aromatic carbocycles. The smallest absolute Gasteiger partial charge is 0.339 e. The average Bonchev–Trinajstić information content (AvgIpc) is 2.38. The Bertz CT molecular complexity index is 457. The fraction of sp³-hybridized carbons (Fsp3) is 0.562. The molecule has 0 saturated heterocycles. The summed E-state index contributed by atoms with van der Waals surface area (Å²) >= 11 is 0. The zero-order valence-corrected chi connectivity index (χ0v) is 11.6. The Balaban J connectivity index is 2.16. The van der Waals surface area contributed by atoms with E-state index in [2.05, 4.69) is 13.8 Å². The highest BCUT2D eigenvalue weighted by molar-refractivity contribution is 5.91. The van der Waals surface area contributed by atoms with Crippen molar-refractivity contribution < 1.29 is 15.0 Å². The molecule has 0 amide bonds. The minimum Gasteiger partial charge on any atom is -0.507 e. The largest absolute Gasteiger partial charge is 0.507 e. The Hall–Kier alpha value is -1.51. The van der Waals surface area contributed by atoms with E-state index in [1.165, 1.54) is 18.9 Å². The van der Waals surface area contributed by atoms with Gasteiger partial charge in [-0.2, -0.15) is 0 Å². The van der Waals surface area contributed by atoms with Gasteiger partial charge in [0.05, 0.1) is 0 Å². The minimum atomic E-state index is -1.06. The molecule has 0 aliphatic heterocycles. The van der Waals surface area contributed by atoms with Crippen molar-refractivity contribution in [3.8, 4) is 5.75 Å². The normalized spacial score (nSPS) is 23.5. The van der Waals surface area contributed by atoms with Gasteiger partial charge in [0, 0.05) is 0 Å². The van der Waals surface area contributed by atoms with Crippen LogP contribution < -0.4 is 0 Å². The summed E-state index contributed by atoms with van der Waals surface area (Å²) in [6.45, 7) is 4.51. The molecule has 1 aliphatic rings. The third-order valence-corrected chi connectivity index (χ3v) is 4.45. The fourth-order valence-corrected chi connectivity index (χ4v) is 3.16. The van der Waals surface area contributed by atoms with Gasteiger partial charge in [0.25, 0.3) is 0 Å². The summed E-state index contributed by atoms with van der Waals surface area (Å²) in [5.74, 6) is 0.675. The topological polar surface area (TPSA) is 57.5 Å². The van der Waals surface area contributed by atoms with E-state index in [9.17, 15) is 9.90 Å². The van der Waals surface area contributed by atoms with Crippen molar-refractivity contribution in [1.29, 1.82) is 0 Å². The van der Waals surface area contributed by atoms with Crippen LogP contribution in [-0.2, 0) is 0 Å². The van der Waals surface area contributed by atoms with Crippen molar-refractivity contribution in [2.75, 3.05) is 0 Å². The van der Waals surface area contributed by atoms with Crippen LogP contribution >= 0.6 is 0 Å². The maximum atomic E-state index is 11.0. The van der Waals surface area contributed by atoms with Gasteiger partial charge < -0.3 is 10.2 Å². The van der Waals surface area contributed by atoms with E-state index in [1.54, 1.807) is 6.07 Å². The molecule has 2 N–H and O–H groups in total. The number of rotatable bonds is 3. The molecule has 2 rings (SSSR count). The van der Waals surface area contributed by atoms with E-state index in [0.717, 1.165) is 24.3 Å². The number of carbonyl (C=O) groups is 1. The standard InChI is InChI=1S/C16H22O3/c1-10(2)11-6-8-12(9-7-11)13-4-3-5-14(15(13)17)16(18)19/h3-5,10-12,17H,6-9H2,1-2H3,(H,18,19). The lowest BCUT2D eigenvalue weighted by Crippen LogP contribution is -2.18. The van der Waals surface area contributed by atoms with Crippen molar-refractivity contribution in [1.82, 2.24) is 0 Å². The molecule has 1 saturated carbocycles. The zero-order valence-electron chi connectivity index (χ0n) is 11.6. The van der Waals surface area contributed by atoms with Crippen LogP contribution in [0.3, 0.4) is 0 Å². The van der Waals surface area contributed by atoms with Crippen LogP contribution in [0.5, 0.6) is 5.75 Å². The van der Waals surface area contributed by atoms with Crippen LogP contribution in [-0.4, -0.2) is 16.2 Å². The molecule has 19 heavy (non-hydrogen) atoms. The molecule has 0 spiro atoms. The van der Waals surface area contributed by atoms with E-state index in [1.807, 2.05) is 6.07 Å². The molecule has 0 bridgehead atoms. The van der Waals surface area contributed by atoms with Crippen molar-refractivity contribution in [3.05, 3.63) is 29.3 Å². The molecule has 0 radical (unpaired) electrons. The van der Waals surface area contributed by atoms with E-state index < -0.39 is 5.97 Å². The van der Waals surface area contributed by atoms with Gasteiger partial charge in [0.15, 0.2) is 0 Å². The monoisotopic (exact) mass is 262 g/mol. The SMILES string of the molecule is CC(C)C1CCC(c2cccc(C(=O)O)c2O)CC1. The first-order valence-corrected chi connectivity index (χ1v) is 7.06. The quantitative estimate of drug-likeness (QED) is 0.865. The Kier molecular flexibility index (Phi) is 4.13. The van der Waals surface area contributed by atoms with Gasteiger partial charge in [-0.1, -0.05) is 26.0 Å². The van der Waals surface area contributed by atoms with Crippen molar-refractivity contribution in [2.45, 2.75) is 45.4 Å². The lowest BCUT2D eigenvalue weighted by atomic mass is 9.74. The second-order valence-electron chi connectivity index (χ2n) is 5.90.